The first-order valence-corrected chi connectivity index (χ1v) is 6.84. The second kappa shape index (κ2) is 7.04. The van der Waals surface area contributed by atoms with Crippen molar-refractivity contribution in [1.82, 2.24) is 4.98 Å². The average Bonchev–Trinajstić information content (AvgIpc) is 2.46. The molecule has 2 heterocycles. The molecule has 0 bridgehead atoms. The topological polar surface area (TPSA) is 86.5 Å². The van der Waals surface area contributed by atoms with E-state index in [-0.39, 0.29) is 17.7 Å². The maximum atomic E-state index is 10.9. The van der Waals surface area contributed by atoms with Crippen LogP contribution in [0.25, 0.3) is 0 Å². The van der Waals surface area contributed by atoms with Gasteiger partial charge < -0.3 is 14.8 Å². The van der Waals surface area contributed by atoms with Gasteiger partial charge in [0.05, 0.1) is 23.2 Å². The molecule has 110 valence electrons. The predicted octanol–water partition coefficient (Wildman–Crippen LogP) is 2.37. The van der Waals surface area contributed by atoms with E-state index in [1.807, 2.05) is 6.92 Å². The van der Waals surface area contributed by atoms with Gasteiger partial charge >= 0.3 is 0 Å². The minimum atomic E-state index is -0.452. The second-order valence-corrected chi connectivity index (χ2v) is 4.64. The minimum Gasteiger partial charge on any atom is -0.475 e. The molecular weight excluding hydrogens is 262 g/mol. The van der Waals surface area contributed by atoms with Crippen molar-refractivity contribution in [3.8, 4) is 5.88 Å². The Hall–Kier alpha value is -1.89. The van der Waals surface area contributed by atoms with Crippen molar-refractivity contribution < 1.29 is 14.4 Å². The van der Waals surface area contributed by atoms with Gasteiger partial charge in [0.2, 0.25) is 5.88 Å². The van der Waals surface area contributed by atoms with Gasteiger partial charge in [-0.2, -0.15) is 4.98 Å². The molecule has 1 aromatic heterocycles. The molecule has 7 nitrogen and oxygen atoms in total. The lowest BCUT2D eigenvalue weighted by molar-refractivity contribution is -0.384. The van der Waals surface area contributed by atoms with Crippen molar-refractivity contribution in [2.75, 3.05) is 25.1 Å². The van der Waals surface area contributed by atoms with Crippen molar-refractivity contribution in [3.05, 3.63) is 22.2 Å². The van der Waals surface area contributed by atoms with E-state index < -0.39 is 4.92 Å². The summed E-state index contributed by atoms with van der Waals surface area (Å²) in [5.74, 6) is 0.700. The van der Waals surface area contributed by atoms with Crippen LogP contribution in [0.4, 0.5) is 11.5 Å². The number of nitrogens with zero attached hydrogens (tertiary/aromatic N) is 2. The van der Waals surface area contributed by atoms with Gasteiger partial charge in [0.1, 0.15) is 12.4 Å². The Morgan fingerprint density at radius 2 is 2.40 bits per heavy atom. The van der Waals surface area contributed by atoms with Gasteiger partial charge in [-0.3, -0.25) is 10.1 Å². The summed E-state index contributed by atoms with van der Waals surface area (Å²) in [5.41, 5.74) is -0.0319. The molecule has 20 heavy (non-hydrogen) atoms. The number of pyridine rings is 1. The van der Waals surface area contributed by atoms with Crippen molar-refractivity contribution in [2.45, 2.75) is 32.3 Å². The van der Waals surface area contributed by atoms with Gasteiger partial charge in [-0.15, -0.1) is 0 Å². The third-order valence-corrected chi connectivity index (χ3v) is 3.05. The van der Waals surface area contributed by atoms with Gasteiger partial charge in [-0.05, 0) is 26.2 Å². The second-order valence-electron chi connectivity index (χ2n) is 4.64. The van der Waals surface area contributed by atoms with Gasteiger partial charge in [-0.1, -0.05) is 0 Å². The van der Waals surface area contributed by atoms with Crippen LogP contribution in [0.2, 0.25) is 0 Å². The zero-order chi connectivity index (χ0) is 14.4. The van der Waals surface area contributed by atoms with Crippen LogP contribution in [0.1, 0.15) is 26.2 Å². The molecule has 1 atom stereocenters. The van der Waals surface area contributed by atoms with Crippen molar-refractivity contribution in [3.63, 3.8) is 0 Å². The molecule has 1 N–H and O–H groups in total. The van der Waals surface area contributed by atoms with E-state index in [2.05, 4.69) is 10.3 Å². The molecule has 0 aliphatic carbocycles. The van der Waals surface area contributed by atoms with Gasteiger partial charge in [-0.25, -0.2) is 0 Å². The molecule has 1 fully saturated rings. The maximum absolute atomic E-state index is 10.9. The van der Waals surface area contributed by atoms with E-state index in [1.165, 1.54) is 12.1 Å². The molecular formula is C13H19N3O4. The molecule has 2 rings (SSSR count). The molecule has 1 aliphatic rings. The number of hydrogen-bond donors (Lipinski definition) is 1. The highest BCUT2D eigenvalue weighted by molar-refractivity contribution is 5.48. The fraction of sp³-hybridized carbons (Fsp3) is 0.615. The summed E-state index contributed by atoms with van der Waals surface area (Å²) in [6.45, 7) is 3.66. The number of anilines is 1. The Kier molecular flexibility index (Phi) is 5.11. The number of nitro groups is 1. The molecule has 0 amide bonds. The molecule has 1 unspecified atom stereocenters. The van der Waals surface area contributed by atoms with Crippen LogP contribution in [0.3, 0.4) is 0 Å². The first-order chi connectivity index (χ1) is 9.69. The first-order valence-electron chi connectivity index (χ1n) is 6.84. The third-order valence-electron chi connectivity index (χ3n) is 3.05. The molecule has 1 aliphatic heterocycles. The largest absolute Gasteiger partial charge is 0.475 e. The van der Waals surface area contributed by atoms with E-state index in [1.54, 1.807) is 0 Å². The number of hydrogen-bond acceptors (Lipinski definition) is 6. The predicted molar refractivity (Wildman–Crippen MR) is 74.1 cm³/mol. The average molecular weight is 281 g/mol. The highest BCUT2D eigenvalue weighted by atomic mass is 16.6. The van der Waals surface area contributed by atoms with E-state index >= 15 is 0 Å². The van der Waals surface area contributed by atoms with Crippen molar-refractivity contribution in [1.29, 1.82) is 0 Å². The summed E-state index contributed by atoms with van der Waals surface area (Å²) < 4.78 is 11.1. The van der Waals surface area contributed by atoms with Crippen LogP contribution in [0, 0.1) is 10.1 Å². The molecule has 7 heteroatoms. The summed E-state index contributed by atoms with van der Waals surface area (Å²) in [6, 6.07) is 2.73. The van der Waals surface area contributed by atoms with Crippen LogP contribution >= 0.6 is 0 Å². The fourth-order valence-electron chi connectivity index (χ4n) is 2.06. The smallest absolute Gasteiger partial charge is 0.278 e. The molecule has 0 spiro atoms. The van der Waals surface area contributed by atoms with E-state index in [4.69, 9.17) is 9.47 Å². The summed E-state index contributed by atoms with van der Waals surface area (Å²) in [6.07, 6.45) is 3.21. The molecule has 1 aromatic rings. The molecule has 0 saturated carbocycles. The van der Waals surface area contributed by atoms with Crippen LogP contribution in [0.5, 0.6) is 5.88 Å². The zero-order valence-electron chi connectivity index (χ0n) is 11.5. The number of ether oxygens (including phenoxy) is 2. The van der Waals surface area contributed by atoms with E-state index in [9.17, 15) is 10.1 Å². The number of rotatable bonds is 6. The van der Waals surface area contributed by atoms with Gasteiger partial charge in [0, 0.05) is 13.2 Å². The zero-order valence-corrected chi connectivity index (χ0v) is 11.5. The summed E-state index contributed by atoms with van der Waals surface area (Å²) >= 11 is 0. The SMILES string of the molecule is CCNc1cc([N+](=O)[O-])cc(OCC2CCCCO2)n1. The standard InChI is InChI=1S/C13H19N3O4/c1-2-14-12-7-10(16(17)18)8-13(15-12)20-9-11-5-3-4-6-19-11/h7-8,11H,2-6,9H2,1H3,(H,14,15). The molecule has 0 aromatic carbocycles. The summed E-state index contributed by atoms with van der Waals surface area (Å²) in [7, 11) is 0. The van der Waals surface area contributed by atoms with Crippen LogP contribution in [-0.2, 0) is 4.74 Å². The highest BCUT2D eigenvalue weighted by Crippen LogP contribution is 2.23. The van der Waals surface area contributed by atoms with E-state index in [0.717, 1.165) is 25.9 Å². The monoisotopic (exact) mass is 281 g/mol. The first kappa shape index (κ1) is 14.5. The van der Waals surface area contributed by atoms with Crippen molar-refractivity contribution in [2.24, 2.45) is 0 Å². The van der Waals surface area contributed by atoms with Crippen LogP contribution < -0.4 is 10.1 Å². The van der Waals surface area contributed by atoms with Gasteiger partial charge in [0.25, 0.3) is 5.69 Å². The van der Waals surface area contributed by atoms with Crippen LogP contribution in [0.15, 0.2) is 12.1 Å². The lowest BCUT2D eigenvalue weighted by Crippen LogP contribution is -2.26. The fourth-order valence-corrected chi connectivity index (χ4v) is 2.06. The Bertz CT molecular complexity index is 461. The summed E-state index contributed by atoms with van der Waals surface area (Å²) in [5, 5.41) is 13.8. The Morgan fingerprint density at radius 3 is 3.05 bits per heavy atom. The van der Waals surface area contributed by atoms with Crippen molar-refractivity contribution >= 4 is 11.5 Å². The molecule has 1 saturated heterocycles. The number of nitrogens with one attached hydrogen (secondary N) is 1. The van der Waals surface area contributed by atoms with E-state index in [0.29, 0.717) is 19.0 Å². The van der Waals surface area contributed by atoms with Gasteiger partial charge in [0.15, 0.2) is 0 Å². The highest BCUT2D eigenvalue weighted by Gasteiger charge is 2.16. The maximum Gasteiger partial charge on any atom is 0.278 e. The minimum absolute atomic E-state index is 0.0319. The third kappa shape index (κ3) is 4.06. The summed E-state index contributed by atoms with van der Waals surface area (Å²) in [4.78, 5) is 14.6. The normalized spacial score (nSPS) is 18.6. The Labute approximate surface area is 117 Å². The quantitative estimate of drug-likeness (QED) is 0.636. The Balaban J connectivity index is 2.03. The number of aromatic nitrogens is 1. The molecule has 0 radical (unpaired) electrons. The Morgan fingerprint density at radius 1 is 1.55 bits per heavy atom. The lowest BCUT2D eigenvalue weighted by Gasteiger charge is -2.22. The lowest BCUT2D eigenvalue weighted by atomic mass is 10.1. The van der Waals surface area contributed by atoms with Crippen LogP contribution in [-0.4, -0.2) is 35.8 Å².